The molecule has 3 saturated carbocycles. The van der Waals surface area contributed by atoms with E-state index in [0.29, 0.717) is 6.04 Å². The maximum atomic E-state index is 2.83. The van der Waals surface area contributed by atoms with Crippen molar-refractivity contribution in [1.29, 1.82) is 0 Å². The topological polar surface area (TPSA) is 9.86 Å². The molecular weight excluding hydrogens is 605 g/mol. The zero-order valence-corrected chi connectivity index (χ0v) is 29.0. The Balaban J connectivity index is 1.03. The van der Waals surface area contributed by atoms with Crippen molar-refractivity contribution in [3.63, 3.8) is 0 Å². The Kier molecular flexibility index (Phi) is 6.03. The van der Waals surface area contributed by atoms with Crippen LogP contribution >= 0.6 is 0 Å². The molecule has 2 nitrogen and oxygen atoms in total. The number of para-hydroxylation sites is 3. The van der Waals surface area contributed by atoms with Gasteiger partial charge in [-0.2, -0.15) is 0 Å². The van der Waals surface area contributed by atoms with E-state index in [9.17, 15) is 0 Å². The number of hydrogen-bond acceptors (Lipinski definition) is 0. The maximum Gasteiger partial charge on any atom is 0.0548 e. The summed E-state index contributed by atoms with van der Waals surface area (Å²) in [6.07, 6.45) is 14.1. The minimum Gasteiger partial charge on any atom is -0.337 e. The molecule has 0 amide bonds. The van der Waals surface area contributed by atoms with Gasteiger partial charge in [-0.1, -0.05) is 92.1 Å². The summed E-state index contributed by atoms with van der Waals surface area (Å²) in [5.74, 6) is 5.92. The first kappa shape index (κ1) is 28.4. The molecule has 2 heterocycles. The lowest BCUT2D eigenvalue weighted by atomic mass is 9.46. The van der Waals surface area contributed by atoms with Crippen molar-refractivity contribution in [1.82, 2.24) is 9.13 Å². The number of hydrogen-bond donors (Lipinski definition) is 0. The monoisotopic (exact) mass is 650 g/mol. The van der Waals surface area contributed by atoms with Gasteiger partial charge in [0.25, 0.3) is 0 Å². The molecule has 248 valence electrons. The van der Waals surface area contributed by atoms with Gasteiger partial charge in [0.05, 0.1) is 16.6 Å². The third kappa shape index (κ3) is 3.75. The standard InChI is InChI=1S/C48H46N2/c1-2-12-29(13-3-1)49-43-22-8-6-16-34(43)41-28-46-42(27-45(41)49)35-17-7-9-23-44(35)50(46)30-24-25-33-38-20-10-18-36-31-14-4-5-15-32(31)37-19-11-21-39(40(33)26-30)48(37)47(36)38/h1-3,6-10,12-13,16-18,20,22-23,27-28,30-33,37,39-40,48H,4-5,11,14-15,19,21,24-26H2. The van der Waals surface area contributed by atoms with Crippen molar-refractivity contribution in [2.45, 2.75) is 88.0 Å². The van der Waals surface area contributed by atoms with Gasteiger partial charge in [0.15, 0.2) is 0 Å². The van der Waals surface area contributed by atoms with Gasteiger partial charge in [-0.25, -0.2) is 0 Å². The van der Waals surface area contributed by atoms with Crippen LogP contribution in [-0.4, -0.2) is 9.13 Å². The van der Waals surface area contributed by atoms with Crippen LogP contribution in [-0.2, 0) is 0 Å². The molecule has 5 aromatic carbocycles. The lowest BCUT2D eigenvalue weighted by Gasteiger charge is -2.59. The third-order valence-electron chi connectivity index (χ3n) is 15.0. The summed E-state index contributed by atoms with van der Waals surface area (Å²) in [5.41, 5.74) is 12.2. The highest BCUT2D eigenvalue weighted by Gasteiger charge is 2.55. The molecule has 7 aromatic rings. The van der Waals surface area contributed by atoms with E-state index < -0.39 is 0 Å². The Morgan fingerprint density at radius 1 is 0.440 bits per heavy atom. The fourth-order valence-corrected chi connectivity index (χ4v) is 13.3. The normalized spacial score (nSPS) is 30.0. The minimum atomic E-state index is 0.537. The van der Waals surface area contributed by atoms with Gasteiger partial charge >= 0.3 is 0 Å². The molecule has 3 fully saturated rings. The Hall–Kier alpha value is -4.30. The van der Waals surface area contributed by atoms with E-state index in [1.165, 1.54) is 114 Å². The van der Waals surface area contributed by atoms with Gasteiger partial charge in [0.1, 0.15) is 0 Å². The largest absolute Gasteiger partial charge is 0.337 e. The van der Waals surface area contributed by atoms with Crippen LogP contribution in [0.3, 0.4) is 0 Å². The number of rotatable bonds is 2. The Morgan fingerprint density at radius 2 is 1.08 bits per heavy atom. The summed E-state index contributed by atoms with van der Waals surface area (Å²) < 4.78 is 5.31. The molecule has 50 heavy (non-hydrogen) atoms. The van der Waals surface area contributed by atoms with E-state index in [1.807, 2.05) is 11.1 Å². The van der Waals surface area contributed by atoms with Crippen LogP contribution in [0.15, 0.2) is 109 Å². The molecule has 5 aliphatic carbocycles. The lowest BCUT2D eigenvalue weighted by molar-refractivity contribution is 0.0294. The highest BCUT2D eigenvalue weighted by molar-refractivity contribution is 6.18. The SMILES string of the molecule is c1ccc(-n2c3ccccc3c3cc4c(cc32)c2ccccc2n4C2CCC3c4cccc5c4C4C(CCCC4C3C2)C2CCCCC52)cc1. The van der Waals surface area contributed by atoms with Gasteiger partial charge in [0.2, 0.25) is 0 Å². The fourth-order valence-electron chi connectivity index (χ4n) is 13.3. The van der Waals surface area contributed by atoms with E-state index in [-0.39, 0.29) is 0 Å². The van der Waals surface area contributed by atoms with Crippen LogP contribution in [0.4, 0.5) is 0 Å². The van der Waals surface area contributed by atoms with Crippen LogP contribution in [0.5, 0.6) is 0 Å². The maximum absolute atomic E-state index is 2.83. The fraction of sp³-hybridized carbons (Fsp3) is 0.375. The quantitative estimate of drug-likeness (QED) is 0.176. The van der Waals surface area contributed by atoms with Crippen molar-refractivity contribution < 1.29 is 0 Å². The second-order valence-corrected chi connectivity index (χ2v) is 16.9. The summed E-state index contributed by atoms with van der Waals surface area (Å²) >= 11 is 0. The summed E-state index contributed by atoms with van der Waals surface area (Å²) in [6, 6.07) is 42.6. The van der Waals surface area contributed by atoms with E-state index >= 15 is 0 Å². The molecule has 8 atom stereocenters. The van der Waals surface area contributed by atoms with E-state index in [4.69, 9.17) is 0 Å². The Labute approximate surface area is 295 Å². The summed E-state index contributed by atoms with van der Waals surface area (Å²) in [4.78, 5) is 0. The van der Waals surface area contributed by atoms with Crippen molar-refractivity contribution in [3.8, 4) is 5.69 Å². The van der Waals surface area contributed by atoms with Crippen LogP contribution in [0.2, 0.25) is 0 Å². The first-order valence-corrected chi connectivity index (χ1v) is 20.0. The molecule has 12 rings (SSSR count). The Bertz CT molecular complexity index is 2460. The molecule has 2 heteroatoms. The molecule has 0 spiro atoms. The predicted molar refractivity (Wildman–Crippen MR) is 208 cm³/mol. The number of nitrogens with zero attached hydrogens (tertiary/aromatic N) is 2. The zero-order valence-electron chi connectivity index (χ0n) is 29.0. The van der Waals surface area contributed by atoms with Gasteiger partial charge in [-0.05, 0) is 139 Å². The van der Waals surface area contributed by atoms with Crippen molar-refractivity contribution >= 4 is 43.6 Å². The molecule has 8 unspecified atom stereocenters. The van der Waals surface area contributed by atoms with Gasteiger partial charge in [-0.3, -0.25) is 0 Å². The highest BCUT2D eigenvalue weighted by atomic mass is 15.0. The van der Waals surface area contributed by atoms with Gasteiger partial charge in [-0.15, -0.1) is 0 Å². The second kappa shape index (κ2) is 10.6. The highest BCUT2D eigenvalue weighted by Crippen LogP contribution is 2.66. The summed E-state index contributed by atoms with van der Waals surface area (Å²) in [6.45, 7) is 0. The second-order valence-electron chi connectivity index (χ2n) is 16.9. The molecule has 5 aliphatic rings. The van der Waals surface area contributed by atoms with Crippen LogP contribution in [0.25, 0.3) is 49.3 Å². The molecule has 2 aromatic heterocycles. The minimum absolute atomic E-state index is 0.537. The average molecular weight is 651 g/mol. The molecule has 0 N–H and O–H groups in total. The predicted octanol–water partition coefficient (Wildman–Crippen LogP) is 12.8. The average Bonchev–Trinajstić information content (AvgIpc) is 3.69. The Morgan fingerprint density at radius 3 is 1.92 bits per heavy atom. The van der Waals surface area contributed by atoms with E-state index in [2.05, 4.69) is 118 Å². The van der Waals surface area contributed by atoms with Crippen molar-refractivity contribution in [3.05, 3.63) is 126 Å². The molecular formula is C48H46N2. The number of fused-ring (bicyclic) bond motifs is 12. The van der Waals surface area contributed by atoms with Crippen LogP contribution < -0.4 is 0 Å². The van der Waals surface area contributed by atoms with Crippen LogP contribution in [0, 0.1) is 23.7 Å². The number of benzene rings is 5. The first-order valence-electron chi connectivity index (χ1n) is 20.0. The van der Waals surface area contributed by atoms with Crippen molar-refractivity contribution in [2.24, 2.45) is 23.7 Å². The molecule has 0 bridgehead atoms. The zero-order chi connectivity index (χ0) is 32.5. The van der Waals surface area contributed by atoms with Gasteiger partial charge in [0, 0.05) is 38.8 Å². The first-order chi connectivity index (χ1) is 24.8. The lowest BCUT2D eigenvalue weighted by Crippen LogP contribution is -2.48. The molecule has 0 radical (unpaired) electrons. The molecule has 0 saturated heterocycles. The summed E-state index contributed by atoms with van der Waals surface area (Å²) in [5, 5.41) is 5.53. The number of aromatic nitrogens is 2. The van der Waals surface area contributed by atoms with E-state index in [0.717, 1.165) is 41.4 Å². The van der Waals surface area contributed by atoms with Gasteiger partial charge < -0.3 is 9.13 Å². The smallest absolute Gasteiger partial charge is 0.0548 e. The molecule has 0 aliphatic heterocycles. The third-order valence-corrected chi connectivity index (χ3v) is 15.0. The van der Waals surface area contributed by atoms with Crippen molar-refractivity contribution in [2.75, 3.05) is 0 Å². The summed E-state index contributed by atoms with van der Waals surface area (Å²) in [7, 11) is 0. The van der Waals surface area contributed by atoms with E-state index in [1.54, 1.807) is 5.56 Å². The van der Waals surface area contributed by atoms with Crippen LogP contribution in [0.1, 0.15) is 105 Å².